The molecule has 0 spiro atoms. The summed E-state index contributed by atoms with van der Waals surface area (Å²) >= 11 is 0. The molecular weight excluding hydrogens is 293 g/mol. The number of halogens is 1. The van der Waals surface area contributed by atoms with E-state index >= 15 is 0 Å². The fraction of sp³-hybridized carbons (Fsp3) is 0.263. The molecule has 0 saturated carbocycles. The number of likely N-dealkylation sites (N-methyl/N-ethyl adjacent to an activating group) is 1. The van der Waals surface area contributed by atoms with Gasteiger partial charge in [0, 0.05) is 30.8 Å². The van der Waals surface area contributed by atoms with Crippen LogP contribution in [0.25, 0.3) is 11.6 Å². The summed E-state index contributed by atoms with van der Waals surface area (Å²) < 4.78 is 24.9. The highest BCUT2D eigenvalue weighted by molar-refractivity contribution is 5.91. The van der Waals surface area contributed by atoms with Crippen LogP contribution in [-0.2, 0) is 0 Å². The maximum atomic E-state index is 14.5. The van der Waals surface area contributed by atoms with Crippen LogP contribution >= 0.6 is 0 Å². The number of fused-ring (bicyclic) bond motifs is 1. The van der Waals surface area contributed by atoms with Crippen molar-refractivity contribution in [2.75, 3.05) is 32.2 Å². The van der Waals surface area contributed by atoms with Gasteiger partial charge in [-0.25, -0.2) is 4.39 Å². The Morgan fingerprint density at radius 2 is 1.74 bits per heavy atom. The Hall–Kier alpha value is -2.49. The minimum absolute atomic E-state index is 0.261. The predicted molar refractivity (Wildman–Crippen MR) is 91.7 cm³/mol. The van der Waals surface area contributed by atoms with Gasteiger partial charge in [0.05, 0.1) is 19.9 Å². The standard InChI is InChI=1S/C19H20FNO2/c1-4-21-12-14(13-5-7-15(22-2)8-6-13)9-17-18(20)10-16(23-3)11-19(17)21/h5-11H,4,12H2,1-3H3. The Bertz CT molecular complexity index is 738. The molecule has 0 atom stereocenters. The summed E-state index contributed by atoms with van der Waals surface area (Å²) in [4.78, 5) is 2.15. The van der Waals surface area contributed by atoms with Crippen LogP contribution < -0.4 is 14.4 Å². The van der Waals surface area contributed by atoms with E-state index in [2.05, 4.69) is 11.8 Å². The van der Waals surface area contributed by atoms with Gasteiger partial charge in [0.15, 0.2) is 0 Å². The van der Waals surface area contributed by atoms with Gasteiger partial charge in [0.1, 0.15) is 17.3 Å². The largest absolute Gasteiger partial charge is 0.497 e. The highest BCUT2D eigenvalue weighted by atomic mass is 19.1. The third-order valence-corrected chi connectivity index (χ3v) is 4.18. The molecule has 2 aromatic rings. The highest BCUT2D eigenvalue weighted by Gasteiger charge is 2.21. The number of methoxy groups -OCH3 is 2. The predicted octanol–water partition coefficient (Wildman–Crippen LogP) is 4.22. The van der Waals surface area contributed by atoms with Crippen LogP contribution in [0, 0.1) is 5.82 Å². The topological polar surface area (TPSA) is 21.7 Å². The zero-order valence-electron chi connectivity index (χ0n) is 13.6. The van der Waals surface area contributed by atoms with E-state index < -0.39 is 0 Å². The van der Waals surface area contributed by atoms with E-state index in [1.54, 1.807) is 14.2 Å². The molecule has 3 rings (SSSR count). The van der Waals surface area contributed by atoms with Gasteiger partial charge in [-0.1, -0.05) is 12.1 Å². The second-order valence-electron chi connectivity index (χ2n) is 5.45. The van der Waals surface area contributed by atoms with Crippen LogP contribution in [0.1, 0.15) is 18.1 Å². The van der Waals surface area contributed by atoms with Crippen LogP contribution in [-0.4, -0.2) is 27.3 Å². The number of benzene rings is 2. The summed E-state index contributed by atoms with van der Waals surface area (Å²) in [5.41, 5.74) is 3.66. The van der Waals surface area contributed by atoms with Gasteiger partial charge in [-0.15, -0.1) is 0 Å². The van der Waals surface area contributed by atoms with Crippen molar-refractivity contribution in [2.24, 2.45) is 0 Å². The van der Waals surface area contributed by atoms with E-state index in [4.69, 9.17) is 9.47 Å². The van der Waals surface area contributed by atoms with Crippen LogP contribution in [0.2, 0.25) is 0 Å². The summed E-state index contributed by atoms with van der Waals surface area (Å²) in [6.45, 7) is 3.60. The summed E-state index contributed by atoms with van der Waals surface area (Å²) in [6, 6.07) is 11.2. The number of nitrogens with zero attached hydrogens (tertiary/aromatic N) is 1. The number of hydrogen-bond donors (Lipinski definition) is 0. The lowest BCUT2D eigenvalue weighted by Gasteiger charge is -2.31. The van der Waals surface area contributed by atoms with Gasteiger partial charge in [0.25, 0.3) is 0 Å². The van der Waals surface area contributed by atoms with Crippen molar-refractivity contribution in [3.05, 3.63) is 53.3 Å². The molecule has 0 amide bonds. The molecule has 0 radical (unpaired) electrons. The van der Waals surface area contributed by atoms with Crippen LogP contribution in [0.15, 0.2) is 36.4 Å². The van der Waals surface area contributed by atoms with Crippen molar-refractivity contribution in [2.45, 2.75) is 6.92 Å². The van der Waals surface area contributed by atoms with E-state index in [-0.39, 0.29) is 5.82 Å². The van der Waals surface area contributed by atoms with Gasteiger partial charge in [-0.2, -0.15) is 0 Å². The normalized spacial score (nSPS) is 13.4. The van der Waals surface area contributed by atoms with Crippen molar-refractivity contribution >= 4 is 17.3 Å². The Morgan fingerprint density at radius 3 is 2.35 bits per heavy atom. The fourth-order valence-electron chi connectivity index (χ4n) is 2.87. The molecule has 0 aromatic heterocycles. The summed E-state index contributed by atoms with van der Waals surface area (Å²) in [7, 11) is 3.20. The highest BCUT2D eigenvalue weighted by Crippen LogP contribution is 2.37. The van der Waals surface area contributed by atoms with Gasteiger partial charge in [-0.3, -0.25) is 0 Å². The van der Waals surface area contributed by atoms with E-state index in [1.807, 2.05) is 36.4 Å². The van der Waals surface area contributed by atoms with Gasteiger partial charge >= 0.3 is 0 Å². The molecule has 4 heteroatoms. The maximum absolute atomic E-state index is 14.5. The zero-order valence-corrected chi connectivity index (χ0v) is 13.6. The van der Waals surface area contributed by atoms with Crippen molar-refractivity contribution in [3.63, 3.8) is 0 Å². The summed E-state index contributed by atoms with van der Waals surface area (Å²) in [6.07, 6.45) is 1.93. The second-order valence-corrected chi connectivity index (χ2v) is 5.45. The third-order valence-electron chi connectivity index (χ3n) is 4.18. The molecule has 0 saturated heterocycles. The zero-order chi connectivity index (χ0) is 16.4. The van der Waals surface area contributed by atoms with Crippen molar-refractivity contribution < 1.29 is 13.9 Å². The first-order chi connectivity index (χ1) is 11.2. The summed E-state index contributed by atoms with van der Waals surface area (Å²) in [5, 5.41) is 0. The lowest BCUT2D eigenvalue weighted by molar-refractivity contribution is 0.411. The Labute approximate surface area is 136 Å². The van der Waals surface area contributed by atoms with E-state index in [0.29, 0.717) is 11.3 Å². The first-order valence-corrected chi connectivity index (χ1v) is 7.63. The lowest BCUT2D eigenvalue weighted by atomic mass is 9.96. The number of hydrogen-bond acceptors (Lipinski definition) is 3. The Kier molecular flexibility index (Phi) is 4.24. The second kappa shape index (κ2) is 6.32. The van der Waals surface area contributed by atoms with E-state index in [9.17, 15) is 4.39 Å². The third kappa shape index (κ3) is 2.89. The monoisotopic (exact) mass is 313 g/mol. The quantitative estimate of drug-likeness (QED) is 0.843. The van der Waals surface area contributed by atoms with Gasteiger partial charge in [-0.05, 0) is 36.3 Å². The maximum Gasteiger partial charge on any atom is 0.136 e. The number of rotatable bonds is 4. The van der Waals surface area contributed by atoms with Crippen molar-refractivity contribution in [1.29, 1.82) is 0 Å². The van der Waals surface area contributed by atoms with E-state index in [1.165, 1.54) is 6.07 Å². The average Bonchev–Trinajstić information content (AvgIpc) is 2.61. The molecule has 1 aliphatic heterocycles. The number of anilines is 1. The van der Waals surface area contributed by atoms with Crippen molar-refractivity contribution in [1.82, 2.24) is 0 Å². The van der Waals surface area contributed by atoms with Crippen LogP contribution in [0.4, 0.5) is 10.1 Å². The molecule has 3 nitrogen and oxygen atoms in total. The minimum Gasteiger partial charge on any atom is -0.497 e. The first kappa shape index (κ1) is 15.4. The molecule has 0 bridgehead atoms. The molecule has 23 heavy (non-hydrogen) atoms. The Balaban J connectivity index is 2.07. The number of ether oxygens (including phenoxy) is 2. The lowest BCUT2D eigenvalue weighted by Crippen LogP contribution is -2.28. The fourth-order valence-corrected chi connectivity index (χ4v) is 2.87. The molecule has 0 N–H and O–H groups in total. The first-order valence-electron chi connectivity index (χ1n) is 7.63. The van der Waals surface area contributed by atoms with Crippen molar-refractivity contribution in [3.8, 4) is 11.5 Å². The summed E-state index contributed by atoms with van der Waals surface area (Å²) in [5.74, 6) is 1.10. The smallest absolute Gasteiger partial charge is 0.136 e. The van der Waals surface area contributed by atoms with Crippen LogP contribution in [0.3, 0.4) is 0 Å². The average molecular weight is 313 g/mol. The molecular formula is C19H20FNO2. The van der Waals surface area contributed by atoms with E-state index in [0.717, 1.165) is 35.7 Å². The molecule has 2 aromatic carbocycles. The molecule has 1 aliphatic rings. The minimum atomic E-state index is -0.261. The van der Waals surface area contributed by atoms with Gasteiger partial charge < -0.3 is 14.4 Å². The molecule has 1 heterocycles. The molecule has 0 unspecified atom stereocenters. The molecule has 120 valence electrons. The van der Waals surface area contributed by atoms with Gasteiger partial charge in [0.2, 0.25) is 0 Å². The Morgan fingerprint density at radius 1 is 1.04 bits per heavy atom. The van der Waals surface area contributed by atoms with Crippen LogP contribution in [0.5, 0.6) is 11.5 Å². The molecule has 0 fully saturated rings. The molecule has 0 aliphatic carbocycles. The SMILES string of the molecule is CCN1CC(c2ccc(OC)cc2)=Cc2c(F)cc(OC)cc21.